The molecule has 0 aromatic heterocycles. The number of carbonyl (C=O) groups is 1. The van der Waals surface area contributed by atoms with Crippen molar-refractivity contribution in [3.63, 3.8) is 0 Å². The highest BCUT2D eigenvalue weighted by molar-refractivity contribution is 7.91. The predicted octanol–water partition coefficient (Wildman–Crippen LogP) is 1.65. The predicted molar refractivity (Wildman–Crippen MR) is 90.2 cm³/mol. The largest absolute Gasteiger partial charge is 0.338 e. The van der Waals surface area contributed by atoms with E-state index in [1.165, 1.54) is 16.0 Å². The molecule has 0 bridgehead atoms. The zero-order valence-corrected chi connectivity index (χ0v) is 14.5. The second kappa shape index (κ2) is 6.15. The van der Waals surface area contributed by atoms with Gasteiger partial charge in [-0.3, -0.25) is 0 Å². The number of urea groups is 1. The second-order valence-corrected chi connectivity index (χ2v) is 9.07. The van der Waals surface area contributed by atoms with E-state index in [4.69, 9.17) is 0 Å². The van der Waals surface area contributed by atoms with Gasteiger partial charge in [-0.05, 0) is 35.3 Å². The summed E-state index contributed by atoms with van der Waals surface area (Å²) in [6.45, 7) is 2.54. The molecule has 2 aliphatic carbocycles. The molecule has 6 heteroatoms. The molecule has 0 heterocycles. The number of rotatable bonds is 6. The molecule has 126 valence electrons. The van der Waals surface area contributed by atoms with E-state index >= 15 is 0 Å². The van der Waals surface area contributed by atoms with Crippen molar-refractivity contribution in [2.45, 2.75) is 19.3 Å². The Morgan fingerprint density at radius 3 is 2.83 bits per heavy atom. The van der Waals surface area contributed by atoms with E-state index in [2.05, 4.69) is 29.6 Å². The molecule has 23 heavy (non-hydrogen) atoms. The van der Waals surface area contributed by atoms with E-state index < -0.39 is 9.84 Å². The summed E-state index contributed by atoms with van der Waals surface area (Å²) in [5.41, 5.74) is 2.89. The fourth-order valence-corrected chi connectivity index (χ4v) is 4.46. The minimum absolute atomic E-state index is 0.0233. The van der Waals surface area contributed by atoms with Crippen LogP contribution in [-0.2, 0) is 16.3 Å². The normalized spacial score (nSPS) is 24.7. The molecule has 2 amide bonds. The first-order chi connectivity index (χ1) is 10.9. The second-order valence-electron chi connectivity index (χ2n) is 6.60. The average Bonchev–Trinajstić information content (AvgIpc) is 3.08. The summed E-state index contributed by atoms with van der Waals surface area (Å²) >= 11 is 0. The average molecular weight is 336 g/mol. The Balaban J connectivity index is 1.45. The molecule has 0 aliphatic heterocycles. The van der Waals surface area contributed by atoms with Crippen LogP contribution in [0.1, 0.15) is 24.0 Å². The van der Waals surface area contributed by atoms with Crippen LogP contribution in [-0.4, -0.2) is 51.0 Å². The number of hydrogen-bond donors (Lipinski definition) is 1. The Morgan fingerprint density at radius 2 is 2.09 bits per heavy atom. The highest BCUT2D eigenvalue weighted by Gasteiger charge is 2.55. The van der Waals surface area contributed by atoms with Crippen molar-refractivity contribution in [2.75, 3.05) is 31.6 Å². The van der Waals surface area contributed by atoms with Gasteiger partial charge in [-0.15, -0.1) is 0 Å². The Kier molecular flexibility index (Phi) is 4.36. The maximum atomic E-state index is 12.1. The molecule has 5 nitrogen and oxygen atoms in total. The van der Waals surface area contributed by atoms with Crippen LogP contribution < -0.4 is 5.32 Å². The summed E-state index contributed by atoms with van der Waals surface area (Å²) in [5, 5.41) is 2.95. The molecule has 1 aromatic carbocycles. The van der Waals surface area contributed by atoms with Crippen LogP contribution in [0.4, 0.5) is 4.79 Å². The minimum atomic E-state index is -3.03. The molecule has 0 radical (unpaired) electrons. The number of carbonyl (C=O) groups excluding carboxylic acids is 1. The van der Waals surface area contributed by atoms with Crippen molar-refractivity contribution in [1.82, 2.24) is 10.2 Å². The molecule has 1 N–H and O–H groups in total. The van der Waals surface area contributed by atoms with Crippen LogP contribution >= 0.6 is 0 Å². The summed E-state index contributed by atoms with van der Waals surface area (Å²) < 4.78 is 23.0. The Morgan fingerprint density at radius 1 is 1.35 bits per heavy atom. The van der Waals surface area contributed by atoms with Gasteiger partial charge in [0.05, 0.1) is 5.75 Å². The first-order valence-electron chi connectivity index (χ1n) is 8.20. The van der Waals surface area contributed by atoms with E-state index in [9.17, 15) is 13.2 Å². The van der Waals surface area contributed by atoms with Gasteiger partial charge < -0.3 is 10.2 Å². The highest BCUT2D eigenvalue weighted by atomic mass is 32.2. The van der Waals surface area contributed by atoms with Gasteiger partial charge in [-0.2, -0.15) is 0 Å². The van der Waals surface area contributed by atoms with Gasteiger partial charge in [0, 0.05) is 25.9 Å². The molecular weight excluding hydrogens is 312 g/mol. The number of benzene rings is 1. The standard InChI is InChI=1S/C17H24N2O3S/c1-3-23(21,22)9-8-19(2)17(20)18-11-15-14-10-12-6-4-5-7-13(12)16(14)15/h4-7,14-16H,3,8-11H2,1-2H3,(H,18,20)/t14-,15+,16-/m0/s1. The maximum absolute atomic E-state index is 12.1. The first kappa shape index (κ1) is 16.3. The summed E-state index contributed by atoms with van der Waals surface area (Å²) in [5.74, 6) is 1.93. The third-order valence-electron chi connectivity index (χ3n) is 5.21. The van der Waals surface area contributed by atoms with Crippen molar-refractivity contribution in [3.05, 3.63) is 35.4 Å². The molecule has 0 spiro atoms. The van der Waals surface area contributed by atoms with Crippen LogP contribution in [0, 0.1) is 11.8 Å². The number of sulfone groups is 1. The smallest absolute Gasteiger partial charge is 0.317 e. The van der Waals surface area contributed by atoms with Crippen LogP contribution in [0.2, 0.25) is 0 Å². The molecule has 1 aromatic rings. The maximum Gasteiger partial charge on any atom is 0.317 e. The SMILES string of the molecule is CCS(=O)(=O)CCN(C)C(=O)NC[C@@H]1[C@@H]2Cc3ccccc3[C@H]12. The zero-order valence-electron chi connectivity index (χ0n) is 13.7. The van der Waals surface area contributed by atoms with Crippen LogP contribution in [0.25, 0.3) is 0 Å². The summed E-state index contributed by atoms with van der Waals surface area (Å²) in [6.07, 6.45) is 1.12. The molecule has 1 fully saturated rings. The number of hydrogen-bond acceptors (Lipinski definition) is 3. The minimum Gasteiger partial charge on any atom is -0.338 e. The van der Waals surface area contributed by atoms with E-state index in [1.54, 1.807) is 14.0 Å². The van der Waals surface area contributed by atoms with E-state index in [-0.39, 0.29) is 24.1 Å². The third-order valence-corrected chi connectivity index (χ3v) is 6.90. The lowest BCUT2D eigenvalue weighted by atomic mass is 10.0. The van der Waals surface area contributed by atoms with Crippen molar-refractivity contribution < 1.29 is 13.2 Å². The lowest BCUT2D eigenvalue weighted by Crippen LogP contribution is -2.40. The van der Waals surface area contributed by atoms with E-state index in [1.807, 2.05) is 0 Å². The number of nitrogens with one attached hydrogen (secondary N) is 1. The van der Waals surface area contributed by atoms with Gasteiger partial charge in [0.15, 0.2) is 9.84 Å². The Labute approximate surface area is 138 Å². The van der Waals surface area contributed by atoms with Crippen molar-refractivity contribution >= 4 is 15.9 Å². The quantitative estimate of drug-likeness (QED) is 0.859. The zero-order chi connectivity index (χ0) is 16.6. The molecule has 3 rings (SSSR count). The molecule has 0 saturated heterocycles. The van der Waals surface area contributed by atoms with E-state index in [0.29, 0.717) is 24.3 Å². The van der Waals surface area contributed by atoms with Crippen molar-refractivity contribution in [1.29, 1.82) is 0 Å². The van der Waals surface area contributed by atoms with Gasteiger partial charge in [0.1, 0.15) is 0 Å². The fraction of sp³-hybridized carbons (Fsp3) is 0.588. The van der Waals surface area contributed by atoms with E-state index in [0.717, 1.165) is 6.42 Å². The Hall–Kier alpha value is -1.56. The van der Waals surface area contributed by atoms with Crippen molar-refractivity contribution in [2.24, 2.45) is 11.8 Å². The van der Waals surface area contributed by atoms with Crippen molar-refractivity contribution in [3.8, 4) is 0 Å². The molecule has 0 unspecified atom stereocenters. The number of amides is 2. The Bertz CT molecular complexity index is 702. The lowest BCUT2D eigenvalue weighted by molar-refractivity contribution is 0.210. The monoisotopic (exact) mass is 336 g/mol. The first-order valence-corrected chi connectivity index (χ1v) is 10.0. The van der Waals surface area contributed by atoms with Gasteiger partial charge in [0.25, 0.3) is 0 Å². The molecular formula is C17H24N2O3S. The van der Waals surface area contributed by atoms with Crippen LogP contribution in [0.3, 0.4) is 0 Å². The number of fused-ring (bicyclic) bond motifs is 3. The van der Waals surface area contributed by atoms with Crippen LogP contribution in [0.5, 0.6) is 0 Å². The summed E-state index contributed by atoms with van der Waals surface area (Å²) in [7, 11) is -1.39. The van der Waals surface area contributed by atoms with Crippen LogP contribution in [0.15, 0.2) is 24.3 Å². The molecule has 3 atom stereocenters. The molecule has 1 saturated carbocycles. The third kappa shape index (κ3) is 3.37. The van der Waals surface area contributed by atoms with Gasteiger partial charge in [-0.1, -0.05) is 31.2 Å². The summed E-state index contributed by atoms with van der Waals surface area (Å²) in [4.78, 5) is 13.5. The number of nitrogens with zero attached hydrogens (tertiary/aromatic N) is 1. The topological polar surface area (TPSA) is 66.5 Å². The molecule has 2 aliphatic rings. The van der Waals surface area contributed by atoms with Gasteiger partial charge in [0.2, 0.25) is 0 Å². The summed E-state index contributed by atoms with van der Waals surface area (Å²) in [6, 6.07) is 8.37. The fourth-order valence-electron chi connectivity index (χ4n) is 3.62. The van der Waals surface area contributed by atoms with Gasteiger partial charge in [-0.25, -0.2) is 13.2 Å². The lowest BCUT2D eigenvalue weighted by Gasteiger charge is -2.18. The van der Waals surface area contributed by atoms with Gasteiger partial charge >= 0.3 is 6.03 Å². The highest BCUT2D eigenvalue weighted by Crippen LogP contribution is 2.60.